The zero-order valence-electron chi connectivity index (χ0n) is 12.0. The highest BCUT2D eigenvalue weighted by Gasteiger charge is 2.25. The summed E-state index contributed by atoms with van der Waals surface area (Å²) in [7, 11) is -3.15. The minimum atomic E-state index is -3.15. The topological polar surface area (TPSA) is 69.7 Å². The number of piperazine rings is 1. The van der Waals surface area contributed by atoms with Crippen LogP contribution in [0.2, 0.25) is 0 Å². The smallest absolute Gasteiger partial charge is 0.321 e. The first kappa shape index (κ1) is 16.0. The number of rotatable bonds is 3. The zero-order valence-corrected chi connectivity index (χ0v) is 12.8. The van der Waals surface area contributed by atoms with Crippen LogP contribution in [0.4, 0.5) is 4.79 Å². The van der Waals surface area contributed by atoms with Crippen molar-refractivity contribution in [1.82, 2.24) is 14.5 Å². The third-order valence-electron chi connectivity index (χ3n) is 3.33. The van der Waals surface area contributed by atoms with E-state index in [4.69, 9.17) is 0 Å². The Bertz CT molecular complexity index is 449. The van der Waals surface area contributed by atoms with Gasteiger partial charge in [-0.1, -0.05) is 19.4 Å². The number of amides is 2. The van der Waals surface area contributed by atoms with Gasteiger partial charge in [-0.3, -0.25) is 0 Å². The molecule has 0 aromatic carbocycles. The fraction of sp³-hybridized carbons (Fsp3) is 0.750. The van der Waals surface area contributed by atoms with Gasteiger partial charge in [0.1, 0.15) is 0 Å². The second-order valence-corrected chi connectivity index (χ2v) is 7.12. The lowest BCUT2D eigenvalue weighted by Gasteiger charge is -2.32. The van der Waals surface area contributed by atoms with Gasteiger partial charge in [0.25, 0.3) is 0 Å². The maximum absolute atomic E-state index is 11.9. The van der Waals surface area contributed by atoms with E-state index in [1.807, 2.05) is 6.92 Å². The van der Waals surface area contributed by atoms with Gasteiger partial charge >= 0.3 is 6.03 Å². The Kier molecular flexibility index (Phi) is 5.37. The van der Waals surface area contributed by atoms with Crippen LogP contribution in [-0.4, -0.2) is 56.1 Å². The number of nitrogens with zero attached hydrogens (tertiary/aromatic N) is 2. The van der Waals surface area contributed by atoms with E-state index in [-0.39, 0.29) is 6.03 Å². The van der Waals surface area contributed by atoms with E-state index < -0.39 is 10.0 Å². The molecule has 1 rings (SSSR count). The van der Waals surface area contributed by atoms with Crippen LogP contribution in [0.5, 0.6) is 0 Å². The van der Waals surface area contributed by atoms with Crippen molar-refractivity contribution in [2.45, 2.75) is 20.8 Å². The van der Waals surface area contributed by atoms with Crippen molar-refractivity contribution in [3.63, 3.8) is 0 Å². The van der Waals surface area contributed by atoms with Gasteiger partial charge in [0.05, 0.1) is 6.26 Å². The van der Waals surface area contributed by atoms with Gasteiger partial charge in [-0.05, 0) is 12.8 Å². The Morgan fingerprint density at radius 3 is 2.16 bits per heavy atom. The molecule has 0 spiro atoms. The molecule has 7 heteroatoms. The van der Waals surface area contributed by atoms with Crippen LogP contribution in [0.3, 0.4) is 0 Å². The molecule has 110 valence electrons. The summed E-state index contributed by atoms with van der Waals surface area (Å²) in [6.45, 7) is 7.65. The van der Waals surface area contributed by atoms with Crippen molar-refractivity contribution in [2.24, 2.45) is 5.92 Å². The van der Waals surface area contributed by atoms with Crippen molar-refractivity contribution in [3.05, 3.63) is 11.8 Å². The molecule has 2 amide bonds. The third kappa shape index (κ3) is 4.83. The summed E-state index contributed by atoms with van der Waals surface area (Å²) in [5, 5.41) is 2.74. The van der Waals surface area contributed by atoms with Gasteiger partial charge in [0, 0.05) is 32.4 Å². The van der Waals surface area contributed by atoms with Gasteiger partial charge in [-0.2, -0.15) is 4.31 Å². The molecule has 0 aliphatic carbocycles. The highest BCUT2D eigenvalue weighted by molar-refractivity contribution is 7.88. The number of hydrogen-bond donors (Lipinski definition) is 1. The number of carbonyl (C=O) groups is 1. The lowest BCUT2D eigenvalue weighted by Crippen LogP contribution is -2.52. The average molecular weight is 289 g/mol. The van der Waals surface area contributed by atoms with Crippen molar-refractivity contribution < 1.29 is 13.2 Å². The molecule has 0 aromatic heterocycles. The highest BCUT2D eigenvalue weighted by atomic mass is 32.2. The quantitative estimate of drug-likeness (QED) is 0.837. The normalized spacial score (nSPS) is 18.8. The summed E-state index contributed by atoms with van der Waals surface area (Å²) in [5.41, 5.74) is 1.10. The van der Waals surface area contributed by atoms with E-state index in [2.05, 4.69) is 19.2 Å². The molecule has 0 aromatic rings. The predicted molar refractivity (Wildman–Crippen MR) is 75.1 cm³/mol. The number of urea groups is 1. The number of carbonyl (C=O) groups excluding carboxylic acids is 1. The predicted octanol–water partition coefficient (Wildman–Crippen LogP) is 0.833. The minimum absolute atomic E-state index is 0.173. The van der Waals surface area contributed by atoms with Crippen LogP contribution in [0.1, 0.15) is 20.8 Å². The summed E-state index contributed by atoms with van der Waals surface area (Å²) in [6, 6.07) is -0.173. The number of sulfonamides is 1. The van der Waals surface area contributed by atoms with E-state index in [9.17, 15) is 13.2 Å². The van der Waals surface area contributed by atoms with Crippen LogP contribution in [0, 0.1) is 5.92 Å². The summed E-state index contributed by atoms with van der Waals surface area (Å²) in [4.78, 5) is 13.5. The SMILES string of the molecule is C/C(=C\NC(=O)N1CCN(S(C)(=O)=O)CC1)C(C)C. The molecular weight excluding hydrogens is 266 g/mol. The molecule has 1 fully saturated rings. The summed E-state index contributed by atoms with van der Waals surface area (Å²) in [5.74, 6) is 0.391. The molecule has 1 heterocycles. The lowest BCUT2D eigenvalue weighted by molar-refractivity contribution is 0.175. The largest absolute Gasteiger partial charge is 0.322 e. The Balaban J connectivity index is 2.48. The van der Waals surface area contributed by atoms with Crippen molar-refractivity contribution in [3.8, 4) is 0 Å². The maximum atomic E-state index is 11.9. The zero-order chi connectivity index (χ0) is 14.6. The van der Waals surface area contributed by atoms with Gasteiger partial charge in [0.2, 0.25) is 10.0 Å². The molecule has 0 saturated carbocycles. The van der Waals surface area contributed by atoms with Gasteiger partial charge in [-0.15, -0.1) is 0 Å². The van der Waals surface area contributed by atoms with Gasteiger partial charge in [-0.25, -0.2) is 13.2 Å². The monoisotopic (exact) mass is 289 g/mol. The lowest BCUT2D eigenvalue weighted by atomic mass is 10.1. The Labute approximate surface area is 115 Å². The third-order valence-corrected chi connectivity index (χ3v) is 4.63. The minimum Gasteiger partial charge on any atom is -0.322 e. The molecule has 1 N–H and O–H groups in total. The van der Waals surface area contributed by atoms with E-state index in [0.717, 1.165) is 5.57 Å². The molecule has 19 heavy (non-hydrogen) atoms. The second kappa shape index (κ2) is 6.38. The van der Waals surface area contributed by atoms with Crippen LogP contribution in [0.15, 0.2) is 11.8 Å². The van der Waals surface area contributed by atoms with E-state index in [0.29, 0.717) is 32.1 Å². The van der Waals surface area contributed by atoms with Gasteiger partial charge in [0.15, 0.2) is 0 Å². The van der Waals surface area contributed by atoms with Crippen LogP contribution in [-0.2, 0) is 10.0 Å². The van der Waals surface area contributed by atoms with Crippen LogP contribution < -0.4 is 5.32 Å². The van der Waals surface area contributed by atoms with Crippen molar-refractivity contribution >= 4 is 16.1 Å². The number of nitrogens with one attached hydrogen (secondary N) is 1. The molecular formula is C12H23N3O3S. The standard InChI is InChI=1S/C12H23N3O3S/c1-10(2)11(3)9-13-12(16)14-5-7-15(8-6-14)19(4,17)18/h9-10H,5-8H2,1-4H3,(H,13,16)/b11-9+. The average Bonchev–Trinajstić information content (AvgIpc) is 2.34. The fourth-order valence-corrected chi connectivity index (χ4v) is 2.48. The summed E-state index contributed by atoms with van der Waals surface area (Å²) in [6.07, 6.45) is 2.91. The van der Waals surface area contributed by atoms with Gasteiger partial charge < -0.3 is 10.2 Å². The van der Waals surface area contributed by atoms with E-state index in [1.165, 1.54) is 10.6 Å². The molecule has 0 bridgehead atoms. The number of hydrogen-bond acceptors (Lipinski definition) is 3. The maximum Gasteiger partial charge on any atom is 0.321 e. The van der Waals surface area contributed by atoms with Crippen molar-refractivity contribution in [2.75, 3.05) is 32.4 Å². The molecule has 0 radical (unpaired) electrons. The molecule has 6 nitrogen and oxygen atoms in total. The first-order chi connectivity index (χ1) is 8.71. The fourth-order valence-electron chi connectivity index (χ4n) is 1.66. The summed E-state index contributed by atoms with van der Waals surface area (Å²) >= 11 is 0. The molecule has 1 saturated heterocycles. The molecule has 1 aliphatic rings. The molecule has 0 unspecified atom stereocenters. The number of allylic oxidation sites excluding steroid dienone is 1. The Hall–Kier alpha value is -1.08. The first-order valence-electron chi connectivity index (χ1n) is 6.39. The first-order valence-corrected chi connectivity index (χ1v) is 8.24. The highest BCUT2D eigenvalue weighted by Crippen LogP contribution is 2.08. The van der Waals surface area contributed by atoms with E-state index in [1.54, 1.807) is 11.1 Å². The van der Waals surface area contributed by atoms with E-state index >= 15 is 0 Å². The molecule has 1 aliphatic heterocycles. The van der Waals surface area contributed by atoms with Crippen LogP contribution in [0.25, 0.3) is 0 Å². The molecule has 0 atom stereocenters. The Morgan fingerprint density at radius 1 is 1.21 bits per heavy atom. The summed E-state index contributed by atoms with van der Waals surface area (Å²) < 4.78 is 24.1. The van der Waals surface area contributed by atoms with Crippen molar-refractivity contribution in [1.29, 1.82) is 0 Å². The van der Waals surface area contributed by atoms with Crippen LogP contribution >= 0.6 is 0 Å². The Morgan fingerprint density at radius 2 is 1.74 bits per heavy atom. The second-order valence-electron chi connectivity index (χ2n) is 5.14.